The van der Waals surface area contributed by atoms with Gasteiger partial charge in [0.15, 0.2) is 11.6 Å². The Morgan fingerprint density at radius 3 is 2.60 bits per heavy atom. The van der Waals surface area contributed by atoms with Crippen LogP contribution in [0.25, 0.3) is 0 Å². The van der Waals surface area contributed by atoms with Gasteiger partial charge in [0.1, 0.15) is 5.82 Å². The van der Waals surface area contributed by atoms with Gasteiger partial charge in [-0.3, -0.25) is 0 Å². The van der Waals surface area contributed by atoms with E-state index in [4.69, 9.17) is 4.74 Å². The molecule has 4 heteroatoms. The molecule has 0 amide bonds. The second kappa shape index (κ2) is 3.45. The van der Waals surface area contributed by atoms with Crippen LogP contribution < -0.4 is 4.74 Å². The van der Waals surface area contributed by atoms with Crippen LogP contribution in [0.1, 0.15) is 18.4 Å². The minimum Gasteiger partial charge on any atom is -0.493 e. The Kier molecular flexibility index (Phi) is 2.38. The molecule has 0 aromatic heterocycles. The van der Waals surface area contributed by atoms with Crippen LogP contribution >= 0.6 is 0 Å². The molecule has 2 rings (SSSR count). The van der Waals surface area contributed by atoms with Gasteiger partial charge in [-0.15, -0.1) is 0 Å². The molecule has 1 N–H and O–H groups in total. The highest BCUT2D eigenvalue weighted by molar-refractivity contribution is 5.37. The fraction of sp³-hybridized carbons (Fsp3) is 0.455. The van der Waals surface area contributed by atoms with Crippen molar-refractivity contribution in [2.24, 2.45) is 0 Å². The summed E-state index contributed by atoms with van der Waals surface area (Å²) in [6, 6.07) is 1.98. The van der Waals surface area contributed by atoms with Crippen molar-refractivity contribution in [1.29, 1.82) is 0 Å². The van der Waals surface area contributed by atoms with Crippen LogP contribution in [0.2, 0.25) is 0 Å². The Bertz CT molecular complexity index is 386. The van der Waals surface area contributed by atoms with E-state index in [0.29, 0.717) is 18.4 Å². The molecule has 0 atom stereocenters. The molecule has 1 aromatic rings. The molecule has 1 aliphatic rings. The fourth-order valence-corrected chi connectivity index (χ4v) is 1.65. The smallest absolute Gasteiger partial charge is 0.168 e. The molecule has 0 saturated heterocycles. The molecular weight excluding hydrogens is 202 g/mol. The van der Waals surface area contributed by atoms with E-state index in [-0.39, 0.29) is 12.2 Å². The monoisotopic (exact) mass is 214 g/mol. The summed E-state index contributed by atoms with van der Waals surface area (Å²) in [6.07, 6.45) is 1.59. The molecule has 0 aliphatic heterocycles. The number of benzene rings is 1. The molecule has 1 fully saturated rings. The van der Waals surface area contributed by atoms with Gasteiger partial charge in [0.2, 0.25) is 0 Å². The average molecular weight is 214 g/mol. The first-order chi connectivity index (χ1) is 7.04. The number of hydrogen-bond donors (Lipinski definition) is 1. The predicted molar refractivity (Wildman–Crippen MR) is 50.8 cm³/mol. The quantitative estimate of drug-likeness (QED) is 0.834. The van der Waals surface area contributed by atoms with Crippen molar-refractivity contribution < 1.29 is 18.6 Å². The number of rotatable bonds is 3. The zero-order valence-electron chi connectivity index (χ0n) is 8.39. The second-order valence-corrected chi connectivity index (χ2v) is 3.98. The molecule has 0 heterocycles. The van der Waals surface area contributed by atoms with E-state index in [2.05, 4.69) is 0 Å². The Labute approximate surface area is 86.5 Å². The van der Waals surface area contributed by atoms with Gasteiger partial charge in [-0.1, -0.05) is 0 Å². The molecule has 0 unspecified atom stereocenters. The average Bonchev–Trinajstić information content (AvgIpc) is 2.82. The molecule has 15 heavy (non-hydrogen) atoms. The summed E-state index contributed by atoms with van der Waals surface area (Å²) in [5, 5.41) is 9.68. The third kappa shape index (κ3) is 2.09. The summed E-state index contributed by atoms with van der Waals surface area (Å²) >= 11 is 0. The maximum atomic E-state index is 13.3. The van der Waals surface area contributed by atoms with Crippen molar-refractivity contribution in [1.82, 2.24) is 0 Å². The first-order valence-corrected chi connectivity index (χ1v) is 4.78. The topological polar surface area (TPSA) is 29.5 Å². The molecule has 1 aliphatic carbocycles. The van der Waals surface area contributed by atoms with Gasteiger partial charge in [-0.05, 0) is 18.9 Å². The third-order valence-corrected chi connectivity index (χ3v) is 2.64. The molecule has 2 nitrogen and oxygen atoms in total. The number of aliphatic hydroxyl groups is 1. The molecule has 1 aromatic carbocycles. The predicted octanol–water partition coefficient (Wildman–Crippen LogP) is 2.04. The largest absolute Gasteiger partial charge is 0.493 e. The van der Waals surface area contributed by atoms with Crippen molar-refractivity contribution in [2.45, 2.75) is 24.9 Å². The molecule has 1 saturated carbocycles. The lowest BCUT2D eigenvalue weighted by Crippen LogP contribution is -2.12. The first kappa shape index (κ1) is 10.4. The van der Waals surface area contributed by atoms with E-state index in [1.54, 1.807) is 0 Å². The Morgan fingerprint density at radius 2 is 2.07 bits per heavy atom. The Balaban J connectivity index is 2.35. The van der Waals surface area contributed by atoms with E-state index < -0.39 is 17.2 Å². The van der Waals surface area contributed by atoms with E-state index >= 15 is 0 Å². The second-order valence-electron chi connectivity index (χ2n) is 3.98. The van der Waals surface area contributed by atoms with E-state index in [0.717, 1.165) is 6.07 Å². The Hall–Kier alpha value is -1.16. The summed E-state index contributed by atoms with van der Waals surface area (Å²) in [6.45, 7) is 0. The summed E-state index contributed by atoms with van der Waals surface area (Å²) in [5.41, 5.74) is -0.400. The van der Waals surface area contributed by atoms with Gasteiger partial charge >= 0.3 is 0 Å². The van der Waals surface area contributed by atoms with Crippen LogP contribution in [0.5, 0.6) is 5.75 Å². The van der Waals surface area contributed by atoms with Crippen LogP contribution in [0, 0.1) is 11.6 Å². The van der Waals surface area contributed by atoms with Crippen LogP contribution in [0.4, 0.5) is 8.78 Å². The van der Waals surface area contributed by atoms with Gasteiger partial charge in [0, 0.05) is 18.1 Å². The van der Waals surface area contributed by atoms with Crippen LogP contribution in [-0.2, 0) is 6.42 Å². The van der Waals surface area contributed by atoms with E-state index in [1.807, 2.05) is 0 Å². The summed E-state index contributed by atoms with van der Waals surface area (Å²) in [5.74, 6) is -1.35. The van der Waals surface area contributed by atoms with Crippen LogP contribution in [-0.4, -0.2) is 17.8 Å². The maximum Gasteiger partial charge on any atom is 0.168 e. The van der Waals surface area contributed by atoms with Crippen molar-refractivity contribution in [3.05, 3.63) is 29.3 Å². The Morgan fingerprint density at radius 1 is 1.40 bits per heavy atom. The summed E-state index contributed by atoms with van der Waals surface area (Å²) < 4.78 is 31.1. The van der Waals surface area contributed by atoms with Gasteiger partial charge in [-0.25, -0.2) is 8.78 Å². The van der Waals surface area contributed by atoms with Crippen molar-refractivity contribution in [3.8, 4) is 5.75 Å². The molecule has 0 bridgehead atoms. The van der Waals surface area contributed by atoms with Crippen LogP contribution in [0.3, 0.4) is 0 Å². The third-order valence-electron chi connectivity index (χ3n) is 2.64. The van der Waals surface area contributed by atoms with Gasteiger partial charge in [0.05, 0.1) is 12.7 Å². The molecule has 0 radical (unpaired) electrons. The lowest BCUT2D eigenvalue weighted by Gasteiger charge is -2.12. The molecular formula is C11H12F2O2. The zero-order chi connectivity index (χ0) is 11.1. The number of halogens is 2. The van der Waals surface area contributed by atoms with E-state index in [9.17, 15) is 13.9 Å². The SMILES string of the molecule is COc1c(F)cc(F)cc1CC1(O)CC1. The van der Waals surface area contributed by atoms with Gasteiger partial charge < -0.3 is 9.84 Å². The zero-order valence-corrected chi connectivity index (χ0v) is 8.39. The summed E-state index contributed by atoms with van der Waals surface area (Å²) in [7, 11) is 1.33. The van der Waals surface area contributed by atoms with Crippen molar-refractivity contribution in [3.63, 3.8) is 0 Å². The highest BCUT2D eigenvalue weighted by Crippen LogP contribution is 2.40. The fourth-order valence-electron chi connectivity index (χ4n) is 1.65. The number of ether oxygens (including phenoxy) is 1. The normalized spacial score (nSPS) is 17.6. The lowest BCUT2D eigenvalue weighted by molar-refractivity contribution is 0.149. The minimum absolute atomic E-state index is 0.0247. The summed E-state index contributed by atoms with van der Waals surface area (Å²) in [4.78, 5) is 0. The number of hydrogen-bond acceptors (Lipinski definition) is 2. The molecule has 0 spiro atoms. The van der Waals surface area contributed by atoms with E-state index in [1.165, 1.54) is 13.2 Å². The first-order valence-electron chi connectivity index (χ1n) is 4.78. The highest BCUT2D eigenvalue weighted by atomic mass is 19.1. The minimum atomic E-state index is -0.784. The van der Waals surface area contributed by atoms with Gasteiger partial charge in [0.25, 0.3) is 0 Å². The standard InChI is InChI=1S/C11H12F2O2/c1-15-10-7(6-11(14)2-3-11)4-8(12)5-9(10)13/h4-5,14H,2-3,6H2,1H3. The van der Waals surface area contributed by atoms with Crippen LogP contribution in [0.15, 0.2) is 12.1 Å². The van der Waals surface area contributed by atoms with Gasteiger partial charge in [-0.2, -0.15) is 0 Å². The highest BCUT2D eigenvalue weighted by Gasteiger charge is 2.41. The maximum absolute atomic E-state index is 13.3. The van der Waals surface area contributed by atoms with Crippen molar-refractivity contribution in [2.75, 3.05) is 7.11 Å². The lowest BCUT2D eigenvalue weighted by atomic mass is 10.0. The van der Waals surface area contributed by atoms with Crippen molar-refractivity contribution >= 4 is 0 Å². The number of methoxy groups -OCH3 is 1. The molecule has 82 valence electrons.